The Kier molecular flexibility index (Phi) is 9.14. The molecule has 0 aromatic carbocycles. The van der Waals surface area contributed by atoms with Crippen molar-refractivity contribution >= 4 is 24.8 Å². The van der Waals surface area contributed by atoms with Crippen molar-refractivity contribution in [1.29, 1.82) is 0 Å². The first kappa shape index (κ1) is 27.4. The molecule has 0 radical (unpaired) electrons. The highest BCUT2D eigenvalue weighted by Crippen LogP contribution is 2.34. The monoisotopic (exact) mass is 490 g/mol. The number of piperazine rings is 1. The summed E-state index contributed by atoms with van der Waals surface area (Å²) in [6.07, 6.45) is -7.57. The van der Waals surface area contributed by atoms with Crippen LogP contribution in [0.25, 0.3) is 0 Å². The van der Waals surface area contributed by atoms with Crippen LogP contribution in [0.2, 0.25) is 0 Å². The van der Waals surface area contributed by atoms with Gasteiger partial charge in [0.2, 0.25) is 0 Å². The molecule has 0 amide bonds. The first-order valence-electron chi connectivity index (χ1n) is 9.02. The van der Waals surface area contributed by atoms with Crippen molar-refractivity contribution in [1.82, 2.24) is 20.2 Å². The molecule has 4 nitrogen and oxygen atoms in total. The van der Waals surface area contributed by atoms with E-state index in [1.165, 1.54) is 12.1 Å². The summed E-state index contributed by atoms with van der Waals surface area (Å²) in [7, 11) is 0. The Morgan fingerprint density at radius 1 is 0.871 bits per heavy atom. The van der Waals surface area contributed by atoms with Crippen molar-refractivity contribution in [3.8, 4) is 0 Å². The molecule has 1 aliphatic rings. The SMILES string of the molecule is C[C@@H]1CN[C@@H](C)CN1C(c1ccc(C(F)(F)F)cn1)c1ccc(C(F)(F)F)cn1.Cl.Cl. The van der Waals surface area contributed by atoms with Gasteiger partial charge in [0.05, 0.1) is 28.6 Å². The number of hydrogen-bond acceptors (Lipinski definition) is 4. The average Bonchev–Trinajstić information content (AvgIpc) is 2.64. The van der Waals surface area contributed by atoms with Crippen LogP contribution >= 0.6 is 24.8 Å². The van der Waals surface area contributed by atoms with Crippen LogP contribution in [0.15, 0.2) is 36.7 Å². The van der Waals surface area contributed by atoms with Gasteiger partial charge in [0.15, 0.2) is 0 Å². The number of halogens is 8. The smallest absolute Gasteiger partial charge is 0.311 e. The zero-order chi connectivity index (χ0) is 21.4. The van der Waals surface area contributed by atoms with Crippen LogP contribution in [0.4, 0.5) is 26.3 Å². The van der Waals surface area contributed by atoms with Crippen molar-refractivity contribution in [3.05, 3.63) is 59.2 Å². The Morgan fingerprint density at radius 3 is 1.68 bits per heavy atom. The van der Waals surface area contributed by atoms with Crippen LogP contribution in [-0.2, 0) is 12.4 Å². The fourth-order valence-corrected chi connectivity index (χ4v) is 3.37. The van der Waals surface area contributed by atoms with E-state index in [0.717, 1.165) is 24.5 Å². The molecule has 12 heteroatoms. The highest BCUT2D eigenvalue weighted by molar-refractivity contribution is 5.85. The molecule has 2 aromatic heterocycles. The van der Waals surface area contributed by atoms with E-state index in [-0.39, 0.29) is 36.9 Å². The minimum Gasteiger partial charge on any atom is -0.311 e. The molecule has 1 aliphatic heterocycles. The van der Waals surface area contributed by atoms with Gasteiger partial charge in [-0.25, -0.2) is 0 Å². The average molecular weight is 491 g/mol. The summed E-state index contributed by atoms with van der Waals surface area (Å²) >= 11 is 0. The Morgan fingerprint density at radius 2 is 1.32 bits per heavy atom. The number of pyridine rings is 2. The molecular formula is C19H22Cl2F6N4. The second-order valence-electron chi connectivity index (χ2n) is 7.20. The first-order valence-corrected chi connectivity index (χ1v) is 9.02. The van der Waals surface area contributed by atoms with Crippen LogP contribution in [0.3, 0.4) is 0 Å². The topological polar surface area (TPSA) is 41.0 Å². The van der Waals surface area contributed by atoms with Gasteiger partial charge in [-0.05, 0) is 38.1 Å². The zero-order valence-corrected chi connectivity index (χ0v) is 18.2. The van der Waals surface area contributed by atoms with E-state index in [1.807, 2.05) is 18.7 Å². The van der Waals surface area contributed by atoms with Gasteiger partial charge in [-0.2, -0.15) is 26.3 Å². The van der Waals surface area contributed by atoms with Gasteiger partial charge in [0.1, 0.15) is 0 Å². The fraction of sp³-hybridized carbons (Fsp3) is 0.474. The van der Waals surface area contributed by atoms with E-state index in [1.54, 1.807) is 0 Å². The maximum Gasteiger partial charge on any atom is 0.417 e. The second kappa shape index (κ2) is 10.3. The highest BCUT2D eigenvalue weighted by Gasteiger charge is 2.36. The summed E-state index contributed by atoms with van der Waals surface area (Å²) < 4.78 is 77.3. The van der Waals surface area contributed by atoms with Gasteiger partial charge in [-0.15, -0.1) is 24.8 Å². The number of nitrogens with one attached hydrogen (secondary N) is 1. The molecule has 0 aliphatic carbocycles. The number of rotatable bonds is 3. The van der Waals surface area contributed by atoms with Gasteiger partial charge in [-0.1, -0.05) is 0 Å². The summed E-state index contributed by atoms with van der Waals surface area (Å²) in [4.78, 5) is 9.96. The van der Waals surface area contributed by atoms with Crippen LogP contribution in [0.5, 0.6) is 0 Å². The minimum atomic E-state index is -4.52. The third kappa shape index (κ3) is 6.44. The Bertz CT molecular complexity index is 770. The molecule has 31 heavy (non-hydrogen) atoms. The summed E-state index contributed by atoms with van der Waals surface area (Å²) in [6, 6.07) is 3.77. The van der Waals surface area contributed by atoms with E-state index in [4.69, 9.17) is 0 Å². The molecule has 2 atom stereocenters. The van der Waals surface area contributed by atoms with Crippen LogP contribution < -0.4 is 5.32 Å². The van der Waals surface area contributed by atoms with E-state index in [0.29, 0.717) is 24.5 Å². The highest BCUT2D eigenvalue weighted by atomic mass is 35.5. The summed E-state index contributed by atoms with van der Waals surface area (Å²) in [5, 5.41) is 3.30. The molecule has 1 N–H and O–H groups in total. The fourth-order valence-electron chi connectivity index (χ4n) is 3.37. The molecule has 2 aromatic rings. The van der Waals surface area contributed by atoms with Crippen molar-refractivity contribution in [2.75, 3.05) is 13.1 Å². The Balaban J connectivity index is 0.00000240. The minimum absolute atomic E-state index is 0. The number of aromatic nitrogens is 2. The Labute approximate surface area is 188 Å². The Hall–Kier alpha value is -1.62. The third-order valence-electron chi connectivity index (χ3n) is 4.93. The first-order chi connectivity index (χ1) is 13.5. The van der Waals surface area contributed by atoms with Crippen molar-refractivity contribution in [2.45, 2.75) is 44.3 Å². The van der Waals surface area contributed by atoms with E-state index >= 15 is 0 Å². The summed E-state index contributed by atoms with van der Waals surface area (Å²) in [5.41, 5.74) is -1.18. The zero-order valence-electron chi connectivity index (χ0n) is 16.5. The maximum atomic E-state index is 12.9. The molecule has 0 unspecified atom stereocenters. The van der Waals surface area contributed by atoms with Gasteiger partial charge in [0, 0.05) is 37.6 Å². The van der Waals surface area contributed by atoms with Gasteiger partial charge in [0.25, 0.3) is 0 Å². The predicted molar refractivity (Wildman–Crippen MR) is 108 cm³/mol. The largest absolute Gasteiger partial charge is 0.417 e. The molecule has 1 saturated heterocycles. The van der Waals surface area contributed by atoms with Gasteiger partial charge >= 0.3 is 12.4 Å². The maximum absolute atomic E-state index is 12.9. The lowest BCUT2D eigenvalue weighted by Crippen LogP contribution is -2.55. The molecule has 3 heterocycles. The van der Waals surface area contributed by atoms with Gasteiger partial charge in [-0.3, -0.25) is 14.9 Å². The molecule has 0 saturated carbocycles. The van der Waals surface area contributed by atoms with Crippen molar-refractivity contribution in [3.63, 3.8) is 0 Å². The summed E-state index contributed by atoms with van der Waals surface area (Å²) in [6.45, 7) is 5.05. The lowest BCUT2D eigenvalue weighted by molar-refractivity contribution is -0.138. The van der Waals surface area contributed by atoms with Crippen molar-refractivity contribution in [2.24, 2.45) is 0 Å². The van der Waals surface area contributed by atoms with Gasteiger partial charge < -0.3 is 5.32 Å². The van der Waals surface area contributed by atoms with Crippen LogP contribution in [-0.4, -0.2) is 40.0 Å². The van der Waals surface area contributed by atoms with E-state index < -0.39 is 29.5 Å². The van der Waals surface area contributed by atoms with Crippen molar-refractivity contribution < 1.29 is 26.3 Å². The van der Waals surface area contributed by atoms with E-state index in [2.05, 4.69) is 15.3 Å². The normalized spacial score (nSPS) is 20.2. The van der Waals surface area contributed by atoms with E-state index in [9.17, 15) is 26.3 Å². The molecule has 0 bridgehead atoms. The van der Waals surface area contributed by atoms with Crippen LogP contribution in [0, 0.1) is 0 Å². The quantitative estimate of drug-likeness (QED) is 0.605. The number of alkyl halides is 6. The predicted octanol–water partition coefficient (Wildman–Crippen LogP) is 5.13. The molecule has 3 rings (SSSR count). The lowest BCUT2D eigenvalue weighted by Gasteiger charge is -2.42. The molecule has 1 fully saturated rings. The third-order valence-corrected chi connectivity index (χ3v) is 4.93. The number of nitrogens with zero attached hydrogens (tertiary/aromatic N) is 3. The lowest BCUT2D eigenvalue weighted by atomic mass is 10.00. The standard InChI is InChI=1S/C19H20F6N4.2ClH/c1-11-10-29(12(2)7-26-11)17(15-5-3-13(8-27-15)18(20,21)22)16-6-4-14(9-28-16)19(23,24)25;;/h3-6,8-9,11-12,17,26H,7,10H2,1-2H3;2*1H/t11-,12+;;/m0../s1. The second-order valence-corrected chi connectivity index (χ2v) is 7.20. The molecular weight excluding hydrogens is 469 g/mol. The number of hydrogen-bond donors (Lipinski definition) is 1. The molecule has 174 valence electrons. The summed E-state index contributed by atoms with van der Waals surface area (Å²) in [5.74, 6) is 0. The van der Waals surface area contributed by atoms with Crippen LogP contribution in [0.1, 0.15) is 42.4 Å². The molecule has 0 spiro atoms.